The fraction of sp³-hybridized carbons (Fsp3) is 0.280. The first kappa shape index (κ1) is 23.5. The molecule has 1 N–H and O–H groups in total. The number of urea groups is 1. The van der Waals surface area contributed by atoms with Gasteiger partial charge in [-0.2, -0.15) is 5.26 Å². The number of rotatable bonds is 6. The van der Waals surface area contributed by atoms with Crippen LogP contribution in [0, 0.1) is 11.3 Å². The molecule has 0 radical (unpaired) electrons. The lowest BCUT2D eigenvalue weighted by atomic mass is 10.0. The highest BCUT2D eigenvalue weighted by Crippen LogP contribution is 2.36. The first-order valence-electron chi connectivity index (χ1n) is 10.8. The Bertz CT molecular complexity index is 1230. The smallest absolute Gasteiger partial charge is 0.331 e. The largest absolute Gasteiger partial charge is 0.493 e. The van der Waals surface area contributed by atoms with Crippen molar-refractivity contribution in [2.75, 3.05) is 7.11 Å². The topological polar surface area (TPSA) is 109 Å². The second-order valence-electron chi connectivity index (χ2n) is 8.01. The highest BCUT2D eigenvalue weighted by molar-refractivity contribution is 9.10. The molecule has 1 saturated heterocycles. The number of halogens is 1. The normalized spacial score (nSPS) is 17.6. The number of carbonyl (C=O) groups excluding carboxylic acids is 3. The molecule has 1 aliphatic heterocycles. The Labute approximate surface area is 205 Å². The van der Waals surface area contributed by atoms with Crippen LogP contribution < -0.4 is 14.8 Å². The lowest BCUT2D eigenvalue weighted by Gasteiger charge is -2.31. The van der Waals surface area contributed by atoms with E-state index in [4.69, 9.17) is 9.47 Å². The molecule has 2 aromatic rings. The zero-order chi connectivity index (χ0) is 24.2. The third kappa shape index (κ3) is 4.68. The standard InChI is InChI=1S/C25H22BrN3O5/c1-33-21-11-17(20(26)12-22(21)34-14-16-7-3-2-6-15(16)13-27)10-19-23(30)28-25(32)29(24(19)31)18-8-4-5-9-18/h2-3,6-7,10-12,18H,4-5,8-9,14H2,1H3,(H,28,30,32)/b19-10+. The van der Waals surface area contributed by atoms with Gasteiger partial charge >= 0.3 is 6.03 Å². The van der Waals surface area contributed by atoms with Gasteiger partial charge in [-0.3, -0.25) is 19.8 Å². The third-order valence-corrected chi connectivity index (χ3v) is 6.61. The third-order valence-electron chi connectivity index (χ3n) is 5.93. The van der Waals surface area contributed by atoms with Crippen LogP contribution >= 0.6 is 15.9 Å². The molecule has 2 aromatic carbocycles. The van der Waals surface area contributed by atoms with Crippen molar-refractivity contribution < 1.29 is 23.9 Å². The predicted octanol–water partition coefficient (Wildman–Crippen LogP) is 4.31. The molecule has 1 aliphatic carbocycles. The minimum absolute atomic E-state index is 0.120. The van der Waals surface area contributed by atoms with Gasteiger partial charge in [-0.25, -0.2) is 4.79 Å². The quantitative estimate of drug-likeness (QED) is 0.446. The number of barbiturate groups is 1. The van der Waals surface area contributed by atoms with E-state index >= 15 is 0 Å². The second kappa shape index (κ2) is 10.1. The van der Waals surface area contributed by atoms with Crippen LogP contribution in [0.3, 0.4) is 0 Å². The lowest BCUT2D eigenvalue weighted by molar-refractivity contribution is -0.131. The lowest BCUT2D eigenvalue weighted by Crippen LogP contribution is -2.57. The Morgan fingerprint density at radius 2 is 1.91 bits per heavy atom. The van der Waals surface area contributed by atoms with Gasteiger partial charge in [-0.15, -0.1) is 0 Å². The van der Waals surface area contributed by atoms with Gasteiger partial charge in [0, 0.05) is 16.1 Å². The number of benzene rings is 2. The summed E-state index contributed by atoms with van der Waals surface area (Å²) in [6, 6.07) is 11.7. The van der Waals surface area contributed by atoms with E-state index in [0.29, 0.717) is 27.1 Å². The van der Waals surface area contributed by atoms with E-state index in [-0.39, 0.29) is 18.2 Å². The van der Waals surface area contributed by atoms with Gasteiger partial charge in [0.1, 0.15) is 12.2 Å². The number of nitriles is 1. The molecule has 174 valence electrons. The highest BCUT2D eigenvalue weighted by Gasteiger charge is 2.40. The monoisotopic (exact) mass is 523 g/mol. The molecular formula is C25H22BrN3O5. The van der Waals surface area contributed by atoms with Crippen molar-refractivity contribution in [3.05, 3.63) is 63.1 Å². The number of carbonyl (C=O) groups is 3. The van der Waals surface area contributed by atoms with Crippen molar-refractivity contribution in [3.8, 4) is 17.6 Å². The Morgan fingerprint density at radius 1 is 1.18 bits per heavy atom. The van der Waals surface area contributed by atoms with Crippen LogP contribution in [-0.2, 0) is 16.2 Å². The molecule has 0 atom stereocenters. The molecular weight excluding hydrogens is 502 g/mol. The molecule has 8 nitrogen and oxygen atoms in total. The van der Waals surface area contributed by atoms with Gasteiger partial charge in [0.25, 0.3) is 11.8 Å². The van der Waals surface area contributed by atoms with Gasteiger partial charge in [0.15, 0.2) is 11.5 Å². The zero-order valence-corrected chi connectivity index (χ0v) is 20.1. The van der Waals surface area contributed by atoms with Crippen molar-refractivity contribution in [2.45, 2.75) is 38.3 Å². The van der Waals surface area contributed by atoms with E-state index in [1.165, 1.54) is 13.2 Å². The molecule has 0 spiro atoms. The predicted molar refractivity (Wildman–Crippen MR) is 127 cm³/mol. The minimum Gasteiger partial charge on any atom is -0.493 e. The second-order valence-corrected chi connectivity index (χ2v) is 8.87. The molecule has 9 heteroatoms. The van der Waals surface area contributed by atoms with Crippen LogP contribution in [-0.4, -0.2) is 35.9 Å². The highest BCUT2D eigenvalue weighted by atomic mass is 79.9. The van der Waals surface area contributed by atoms with E-state index in [1.807, 2.05) is 12.1 Å². The fourth-order valence-electron chi connectivity index (χ4n) is 4.17. The van der Waals surface area contributed by atoms with Crippen molar-refractivity contribution in [3.63, 3.8) is 0 Å². The van der Waals surface area contributed by atoms with Crippen molar-refractivity contribution >= 4 is 39.9 Å². The van der Waals surface area contributed by atoms with Crippen LogP contribution in [0.4, 0.5) is 4.79 Å². The number of methoxy groups -OCH3 is 1. The van der Waals surface area contributed by atoms with E-state index in [2.05, 4.69) is 27.3 Å². The average Bonchev–Trinajstić information content (AvgIpc) is 3.35. The van der Waals surface area contributed by atoms with E-state index in [1.54, 1.807) is 24.3 Å². The number of nitrogens with one attached hydrogen (secondary N) is 1. The number of ether oxygens (including phenoxy) is 2. The first-order valence-corrected chi connectivity index (χ1v) is 11.6. The number of amides is 4. The average molecular weight is 524 g/mol. The summed E-state index contributed by atoms with van der Waals surface area (Å²) in [5, 5.41) is 11.5. The summed E-state index contributed by atoms with van der Waals surface area (Å²) in [5.41, 5.74) is 1.65. The molecule has 2 fully saturated rings. The molecule has 1 heterocycles. The molecule has 4 amide bonds. The maximum Gasteiger partial charge on any atom is 0.331 e. The Balaban J connectivity index is 1.61. The SMILES string of the molecule is COc1cc(/C=C2\C(=O)NC(=O)N(C3CCCC3)C2=O)c(Br)cc1OCc1ccccc1C#N. The van der Waals surface area contributed by atoms with Gasteiger partial charge in [-0.05, 0) is 42.7 Å². The maximum atomic E-state index is 13.1. The number of imide groups is 2. The molecule has 1 saturated carbocycles. The van der Waals surface area contributed by atoms with Crippen molar-refractivity contribution in [1.82, 2.24) is 10.2 Å². The van der Waals surface area contributed by atoms with Gasteiger partial charge in [0.05, 0.1) is 18.7 Å². The summed E-state index contributed by atoms with van der Waals surface area (Å²) in [5.74, 6) is -0.521. The molecule has 4 rings (SSSR count). The summed E-state index contributed by atoms with van der Waals surface area (Å²) in [6.45, 7) is 0.159. The Kier molecular flexibility index (Phi) is 6.98. The van der Waals surface area contributed by atoms with Crippen molar-refractivity contribution in [2.24, 2.45) is 0 Å². The maximum absolute atomic E-state index is 13.1. The van der Waals surface area contributed by atoms with Crippen LogP contribution in [0.5, 0.6) is 11.5 Å². The summed E-state index contributed by atoms with van der Waals surface area (Å²) >= 11 is 3.47. The van der Waals surface area contributed by atoms with Crippen LogP contribution in [0.2, 0.25) is 0 Å². The number of hydrogen-bond acceptors (Lipinski definition) is 6. The van der Waals surface area contributed by atoms with Crippen molar-refractivity contribution in [1.29, 1.82) is 5.26 Å². The molecule has 2 aliphatic rings. The van der Waals surface area contributed by atoms with E-state index in [0.717, 1.165) is 36.1 Å². The molecule has 34 heavy (non-hydrogen) atoms. The Morgan fingerprint density at radius 3 is 2.62 bits per heavy atom. The number of hydrogen-bond donors (Lipinski definition) is 1. The summed E-state index contributed by atoms with van der Waals surface area (Å²) in [6.07, 6.45) is 4.79. The first-order chi connectivity index (χ1) is 16.4. The minimum atomic E-state index is -0.733. The summed E-state index contributed by atoms with van der Waals surface area (Å²) in [7, 11) is 1.48. The van der Waals surface area contributed by atoms with E-state index < -0.39 is 17.8 Å². The van der Waals surface area contributed by atoms with Crippen LogP contribution in [0.25, 0.3) is 6.08 Å². The number of nitrogens with zero attached hydrogens (tertiary/aromatic N) is 2. The van der Waals surface area contributed by atoms with Crippen LogP contribution in [0.15, 0.2) is 46.4 Å². The summed E-state index contributed by atoms with van der Waals surface area (Å²) in [4.78, 5) is 39.0. The van der Waals surface area contributed by atoms with Gasteiger partial charge < -0.3 is 9.47 Å². The Hall–Kier alpha value is -3.64. The molecule has 0 aromatic heterocycles. The van der Waals surface area contributed by atoms with Gasteiger partial charge in [0.2, 0.25) is 0 Å². The zero-order valence-electron chi connectivity index (χ0n) is 18.5. The van der Waals surface area contributed by atoms with E-state index in [9.17, 15) is 19.6 Å². The summed E-state index contributed by atoms with van der Waals surface area (Å²) < 4.78 is 11.9. The molecule has 0 unspecified atom stereocenters. The fourth-order valence-corrected chi connectivity index (χ4v) is 4.60. The van der Waals surface area contributed by atoms with Gasteiger partial charge in [-0.1, -0.05) is 47.0 Å². The van der Waals surface area contributed by atoms with Crippen LogP contribution in [0.1, 0.15) is 42.4 Å². The molecule has 0 bridgehead atoms.